The van der Waals surface area contributed by atoms with Crippen molar-refractivity contribution in [2.45, 2.75) is 6.54 Å². The molecule has 0 bridgehead atoms. The van der Waals surface area contributed by atoms with Crippen LogP contribution in [0.3, 0.4) is 0 Å². The average molecular weight is 316 g/mol. The molecular weight excluding hydrogens is 300 g/mol. The van der Waals surface area contributed by atoms with Crippen molar-refractivity contribution in [1.82, 2.24) is 8.61 Å². The van der Waals surface area contributed by atoms with Crippen molar-refractivity contribution >= 4 is 22.1 Å². The van der Waals surface area contributed by atoms with Crippen molar-refractivity contribution in [3.63, 3.8) is 0 Å². The molecule has 0 atom stereocenters. The van der Waals surface area contributed by atoms with Crippen LogP contribution >= 0.6 is 0 Å². The Bertz CT molecular complexity index is 585. The van der Waals surface area contributed by atoms with Crippen LogP contribution in [-0.2, 0) is 26.3 Å². The highest BCUT2D eigenvalue weighted by molar-refractivity contribution is 7.86. The maximum atomic E-state index is 12.2. The average Bonchev–Trinajstić information content (AvgIpc) is 2.38. The zero-order valence-corrected chi connectivity index (χ0v) is 12.2. The van der Waals surface area contributed by atoms with Gasteiger partial charge < -0.3 is 10.2 Å². The quantitative estimate of drug-likeness (QED) is 0.688. The lowest BCUT2D eigenvalue weighted by atomic mass is 10.2. The van der Waals surface area contributed by atoms with E-state index in [0.717, 1.165) is 4.31 Å². The first-order chi connectivity index (χ1) is 9.73. The summed E-state index contributed by atoms with van der Waals surface area (Å²) < 4.78 is 25.8. The van der Waals surface area contributed by atoms with Crippen LogP contribution in [0.2, 0.25) is 0 Å². The van der Waals surface area contributed by atoms with Crippen molar-refractivity contribution < 1.29 is 28.2 Å². The van der Waals surface area contributed by atoms with Crippen LogP contribution in [0.25, 0.3) is 0 Å². The lowest BCUT2D eigenvalue weighted by Gasteiger charge is -2.25. The van der Waals surface area contributed by atoms with E-state index >= 15 is 0 Å². The summed E-state index contributed by atoms with van der Waals surface area (Å²) in [6, 6.07) is 8.68. The third kappa shape index (κ3) is 5.14. The van der Waals surface area contributed by atoms with E-state index in [1.165, 1.54) is 7.05 Å². The highest BCUT2D eigenvalue weighted by Crippen LogP contribution is 2.11. The molecule has 0 aliphatic carbocycles. The number of carbonyl (C=O) groups is 2. The van der Waals surface area contributed by atoms with Gasteiger partial charge in [-0.05, 0) is 5.56 Å². The molecule has 116 valence electrons. The SMILES string of the molecule is CN(Cc1ccccc1)S(=O)(=O)N(CC(=O)O)CC(=O)O. The summed E-state index contributed by atoms with van der Waals surface area (Å²) in [6.45, 7) is -1.81. The first-order valence-corrected chi connectivity index (χ1v) is 7.32. The predicted octanol–water partition coefficient (Wildman–Crippen LogP) is -0.166. The molecule has 0 aliphatic heterocycles. The number of carboxylic acids is 2. The molecule has 21 heavy (non-hydrogen) atoms. The molecule has 0 saturated heterocycles. The van der Waals surface area contributed by atoms with Gasteiger partial charge in [0.15, 0.2) is 0 Å². The molecule has 2 N–H and O–H groups in total. The second kappa shape index (κ2) is 7.16. The molecule has 0 spiro atoms. The zero-order chi connectivity index (χ0) is 16.0. The highest BCUT2D eigenvalue weighted by atomic mass is 32.2. The minimum atomic E-state index is -4.18. The smallest absolute Gasteiger partial charge is 0.318 e. The maximum Gasteiger partial charge on any atom is 0.318 e. The van der Waals surface area contributed by atoms with Gasteiger partial charge in [0.25, 0.3) is 10.2 Å². The van der Waals surface area contributed by atoms with Gasteiger partial charge >= 0.3 is 11.9 Å². The molecular formula is C12H16N2O6S. The van der Waals surface area contributed by atoms with Crippen LogP contribution in [0, 0.1) is 0 Å². The summed E-state index contributed by atoms with van der Waals surface area (Å²) >= 11 is 0. The second-order valence-corrected chi connectivity index (χ2v) is 6.34. The lowest BCUT2D eigenvalue weighted by Crippen LogP contribution is -2.46. The topological polar surface area (TPSA) is 115 Å². The Morgan fingerprint density at radius 1 is 1.05 bits per heavy atom. The van der Waals surface area contributed by atoms with Crippen molar-refractivity contribution in [3.05, 3.63) is 35.9 Å². The number of aliphatic carboxylic acids is 2. The Balaban J connectivity index is 2.93. The third-order valence-electron chi connectivity index (χ3n) is 2.59. The van der Waals surface area contributed by atoms with Gasteiger partial charge in [-0.15, -0.1) is 0 Å². The first-order valence-electron chi connectivity index (χ1n) is 5.92. The molecule has 8 nitrogen and oxygen atoms in total. The van der Waals surface area contributed by atoms with Gasteiger partial charge in [-0.1, -0.05) is 30.3 Å². The number of benzene rings is 1. The fourth-order valence-electron chi connectivity index (χ4n) is 1.64. The molecule has 0 unspecified atom stereocenters. The van der Waals surface area contributed by atoms with E-state index in [9.17, 15) is 18.0 Å². The normalized spacial score (nSPS) is 11.8. The van der Waals surface area contributed by atoms with E-state index in [-0.39, 0.29) is 6.54 Å². The highest BCUT2D eigenvalue weighted by Gasteiger charge is 2.30. The third-order valence-corrected chi connectivity index (χ3v) is 4.42. The molecule has 0 fully saturated rings. The summed E-state index contributed by atoms with van der Waals surface area (Å²) in [5.74, 6) is -2.85. The molecule has 0 aromatic heterocycles. The summed E-state index contributed by atoms with van der Waals surface area (Å²) in [7, 11) is -2.92. The fraction of sp³-hybridized carbons (Fsp3) is 0.333. The van der Waals surface area contributed by atoms with Gasteiger partial charge in [-0.3, -0.25) is 9.59 Å². The number of carboxylic acid groups (broad SMARTS) is 2. The molecule has 0 radical (unpaired) electrons. The van der Waals surface area contributed by atoms with Gasteiger partial charge in [-0.2, -0.15) is 17.0 Å². The Morgan fingerprint density at radius 3 is 1.95 bits per heavy atom. The van der Waals surface area contributed by atoms with Crippen molar-refractivity contribution in [2.24, 2.45) is 0 Å². The molecule has 0 saturated carbocycles. The van der Waals surface area contributed by atoms with Crippen LogP contribution in [0.5, 0.6) is 0 Å². The van der Waals surface area contributed by atoms with Crippen LogP contribution in [-0.4, -0.2) is 59.3 Å². The van der Waals surface area contributed by atoms with Crippen molar-refractivity contribution in [1.29, 1.82) is 0 Å². The lowest BCUT2D eigenvalue weighted by molar-refractivity contribution is -0.139. The minimum Gasteiger partial charge on any atom is -0.480 e. The molecule has 1 aromatic carbocycles. The summed E-state index contributed by atoms with van der Waals surface area (Å²) in [5, 5.41) is 17.4. The largest absolute Gasteiger partial charge is 0.480 e. The first kappa shape index (κ1) is 17.1. The van der Waals surface area contributed by atoms with Crippen LogP contribution in [0.4, 0.5) is 0 Å². The fourth-order valence-corrected chi connectivity index (χ4v) is 2.89. The Morgan fingerprint density at radius 2 is 1.52 bits per heavy atom. The number of hydrogen-bond donors (Lipinski definition) is 2. The van der Waals surface area contributed by atoms with E-state index in [4.69, 9.17) is 10.2 Å². The Hall–Kier alpha value is -1.97. The summed E-state index contributed by atoms with van der Waals surface area (Å²) in [5.41, 5.74) is 0.703. The van der Waals surface area contributed by atoms with E-state index in [1.54, 1.807) is 30.3 Å². The Kier molecular flexibility index (Phi) is 5.82. The molecule has 0 heterocycles. The van der Waals surface area contributed by atoms with Crippen LogP contribution in [0.15, 0.2) is 30.3 Å². The summed E-state index contributed by atoms with van der Waals surface area (Å²) in [6.07, 6.45) is 0. The molecule has 0 aliphatic rings. The predicted molar refractivity (Wildman–Crippen MR) is 73.7 cm³/mol. The van der Waals surface area contributed by atoms with Gasteiger partial charge in [-0.25, -0.2) is 0 Å². The maximum absolute atomic E-state index is 12.2. The van der Waals surface area contributed by atoms with Crippen LogP contribution in [0.1, 0.15) is 5.56 Å². The second-order valence-electron chi connectivity index (χ2n) is 4.30. The zero-order valence-electron chi connectivity index (χ0n) is 11.3. The van der Waals surface area contributed by atoms with Crippen LogP contribution < -0.4 is 0 Å². The monoisotopic (exact) mass is 316 g/mol. The van der Waals surface area contributed by atoms with Gasteiger partial charge in [0.1, 0.15) is 13.1 Å². The minimum absolute atomic E-state index is 0.0128. The molecule has 1 aromatic rings. The number of hydrogen-bond acceptors (Lipinski definition) is 4. The van der Waals surface area contributed by atoms with Gasteiger partial charge in [0.05, 0.1) is 0 Å². The number of nitrogens with zero attached hydrogens (tertiary/aromatic N) is 2. The van der Waals surface area contributed by atoms with Crippen molar-refractivity contribution in [3.8, 4) is 0 Å². The standard InChI is InChI=1S/C12H16N2O6S/c1-13(7-10-5-3-2-4-6-10)21(19,20)14(8-11(15)16)9-12(17)18/h2-6H,7-9H2,1H3,(H,15,16)(H,17,18). The molecule has 1 rings (SSSR count). The van der Waals surface area contributed by atoms with E-state index in [1.807, 2.05) is 0 Å². The van der Waals surface area contributed by atoms with E-state index in [0.29, 0.717) is 9.87 Å². The summed E-state index contributed by atoms with van der Waals surface area (Å²) in [4.78, 5) is 21.4. The van der Waals surface area contributed by atoms with E-state index < -0.39 is 35.2 Å². The number of rotatable bonds is 8. The molecule has 9 heteroatoms. The Labute approximate surface area is 122 Å². The van der Waals surface area contributed by atoms with E-state index in [2.05, 4.69) is 0 Å². The van der Waals surface area contributed by atoms with Gasteiger partial charge in [0.2, 0.25) is 0 Å². The van der Waals surface area contributed by atoms with Crippen molar-refractivity contribution in [2.75, 3.05) is 20.1 Å². The van der Waals surface area contributed by atoms with Gasteiger partial charge in [0, 0.05) is 13.6 Å². The molecule has 0 amide bonds.